The molecule has 1 fully saturated rings. The Morgan fingerprint density at radius 3 is 2.38 bits per heavy atom. The SMILES string of the molecule is O=C(O)c1cc(S(=O)(=O)NCC2(O)CCC2)c(Cl)cc1Cl. The molecular formula is C12H13Cl2NO5S. The molecule has 0 heterocycles. The van der Waals surface area contributed by atoms with Gasteiger partial charge in [-0.05, 0) is 31.4 Å². The molecule has 9 heteroatoms. The second-order valence-electron chi connectivity index (χ2n) is 4.97. The Bertz CT molecular complexity index is 685. The summed E-state index contributed by atoms with van der Waals surface area (Å²) in [4.78, 5) is 10.6. The van der Waals surface area contributed by atoms with Gasteiger partial charge >= 0.3 is 5.97 Å². The highest BCUT2D eigenvalue weighted by atomic mass is 35.5. The second kappa shape index (κ2) is 5.73. The van der Waals surface area contributed by atoms with Gasteiger partial charge in [0.15, 0.2) is 0 Å². The van der Waals surface area contributed by atoms with Crippen LogP contribution in [0.5, 0.6) is 0 Å². The van der Waals surface area contributed by atoms with Crippen LogP contribution in [0.25, 0.3) is 0 Å². The van der Waals surface area contributed by atoms with Crippen LogP contribution < -0.4 is 4.72 Å². The van der Waals surface area contributed by atoms with Gasteiger partial charge in [-0.15, -0.1) is 0 Å². The van der Waals surface area contributed by atoms with E-state index in [9.17, 15) is 18.3 Å². The number of nitrogens with one attached hydrogen (secondary N) is 1. The van der Waals surface area contributed by atoms with Crippen LogP contribution in [0.1, 0.15) is 29.6 Å². The Balaban J connectivity index is 2.30. The van der Waals surface area contributed by atoms with Crippen LogP contribution in [0, 0.1) is 0 Å². The molecule has 0 aliphatic heterocycles. The molecule has 6 nitrogen and oxygen atoms in total. The summed E-state index contributed by atoms with van der Waals surface area (Å²) >= 11 is 11.5. The van der Waals surface area contributed by atoms with Gasteiger partial charge in [-0.25, -0.2) is 17.9 Å². The first-order valence-electron chi connectivity index (χ1n) is 6.09. The van der Waals surface area contributed by atoms with Gasteiger partial charge in [0.25, 0.3) is 0 Å². The third-order valence-electron chi connectivity index (χ3n) is 3.42. The van der Waals surface area contributed by atoms with E-state index in [2.05, 4.69) is 4.72 Å². The van der Waals surface area contributed by atoms with Gasteiger partial charge in [-0.1, -0.05) is 23.2 Å². The molecule has 1 aliphatic rings. The number of aromatic carboxylic acids is 1. The summed E-state index contributed by atoms with van der Waals surface area (Å²) in [5.41, 5.74) is -1.40. The van der Waals surface area contributed by atoms with E-state index in [4.69, 9.17) is 28.3 Å². The molecule has 0 spiro atoms. The van der Waals surface area contributed by atoms with Crippen molar-refractivity contribution in [2.24, 2.45) is 0 Å². The van der Waals surface area contributed by atoms with Crippen LogP contribution in [-0.2, 0) is 10.0 Å². The number of aliphatic hydroxyl groups is 1. The van der Waals surface area contributed by atoms with Crippen molar-refractivity contribution >= 4 is 39.2 Å². The van der Waals surface area contributed by atoms with Crippen molar-refractivity contribution in [1.82, 2.24) is 4.72 Å². The molecule has 0 radical (unpaired) electrons. The molecule has 0 unspecified atom stereocenters. The molecule has 116 valence electrons. The standard InChI is InChI=1S/C12H13Cl2NO5S/c13-8-5-9(14)10(4-7(8)11(16)17)21(19,20)15-6-12(18)2-1-3-12/h4-5,15,18H,1-3,6H2,(H,16,17). The summed E-state index contributed by atoms with van der Waals surface area (Å²) < 4.78 is 26.6. The van der Waals surface area contributed by atoms with Gasteiger partial charge in [-0.2, -0.15) is 0 Å². The van der Waals surface area contributed by atoms with Gasteiger partial charge in [0.05, 0.1) is 21.2 Å². The minimum Gasteiger partial charge on any atom is -0.478 e. The van der Waals surface area contributed by atoms with Crippen molar-refractivity contribution in [2.75, 3.05) is 6.54 Å². The minimum atomic E-state index is -4.04. The van der Waals surface area contributed by atoms with Crippen LogP contribution in [0.15, 0.2) is 17.0 Å². The molecule has 21 heavy (non-hydrogen) atoms. The number of carboxylic acids is 1. The summed E-state index contributed by atoms with van der Waals surface area (Å²) in [6.07, 6.45) is 1.87. The Morgan fingerprint density at radius 2 is 1.90 bits per heavy atom. The summed E-state index contributed by atoms with van der Waals surface area (Å²) in [6, 6.07) is 1.97. The van der Waals surface area contributed by atoms with Crippen LogP contribution in [-0.4, -0.2) is 36.7 Å². The van der Waals surface area contributed by atoms with E-state index < -0.39 is 21.6 Å². The van der Waals surface area contributed by atoms with Crippen molar-refractivity contribution in [3.63, 3.8) is 0 Å². The zero-order chi connectivity index (χ0) is 15.8. The largest absolute Gasteiger partial charge is 0.478 e. The Hall–Kier alpha value is -0.860. The second-order valence-corrected chi connectivity index (χ2v) is 7.52. The van der Waals surface area contributed by atoms with E-state index in [0.717, 1.165) is 18.6 Å². The molecular weight excluding hydrogens is 341 g/mol. The summed E-state index contributed by atoms with van der Waals surface area (Å²) in [6.45, 7) is -0.142. The van der Waals surface area contributed by atoms with Crippen molar-refractivity contribution in [2.45, 2.75) is 29.8 Å². The van der Waals surface area contributed by atoms with Crippen LogP contribution in [0.3, 0.4) is 0 Å². The van der Waals surface area contributed by atoms with Gasteiger partial charge in [-0.3, -0.25) is 0 Å². The first-order chi connectivity index (χ1) is 9.65. The number of carboxylic acid groups (broad SMARTS) is 1. The third-order valence-corrected chi connectivity index (χ3v) is 5.60. The highest BCUT2D eigenvalue weighted by molar-refractivity contribution is 7.89. The van der Waals surface area contributed by atoms with Gasteiger partial charge in [0.1, 0.15) is 4.90 Å². The zero-order valence-corrected chi connectivity index (χ0v) is 13.1. The maximum atomic E-state index is 12.2. The molecule has 1 aliphatic carbocycles. The van der Waals surface area contributed by atoms with E-state index in [1.165, 1.54) is 0 Å². The first-order valence-corrected chi connectivity index (χ1v) is 8.33. The minimum absolute atomic E-state index is 0.142. The molecule has 0 amide bonds. The summed E-state index contributed by atoms with van der Waals surface area (Å²) in [7, 11) is -4.04. The van der Waals surface area contributed by atoms with Gasteiger partial charge < -0.3 is 10.2 Å². The Labute approximate surface area is 131 Å². The fourth-order valence-electron chi connectivity index (χ4n) is 1.97. The molecule has 0 atom stereocenters. The lowest BCUT2D eigenvalue weighted by Gasteiger charge is -2.36. The van der Waals surface area contributed by atoms with Crippen LogP contribution >= 0.6 is 23.2 Å². The summed E-state index contributed by atoms with van der Waals surface area (Å²) in [5.74, 6) is -1.36. The summed E-state index contributed by atoms with van der Waals surface area (Å²) in [5, 5.41) is 18.5. The number of sulfonamides is 1. The molecule has 0 bridgehead atoms. The van der Waals surface area contributed by atoms with Crippen molar-refractivity contribution < 1.29 is 23.4 Å². The van der Waals surface area contributed by atoms with E-state index in [0.29, 0.717) is 12.8 Å². The monoisotopic (exact) mass is 353 g/mol. The quantitative estimate of drug-likeness (QED) is 0.749. The number of carbonyl (C=O) groups is 1. The number of rotatable bonds is 5. The van der Waals surface area contributed by atoms with Crippen molar-refractivity contribution in [1.29, 1.82) is 0 Å². The Morgan fingerprint density at radius 1 is 1.29 bits per heavy atom. The fraction of sp³-hybridized carbons (Fsp3) is 0.417. The van der Waals surface area contributed by atoms with Gasteiger partial charge in [0.2, 0.25) is 10.0 Å². The average Bonchev–Trinajstić information content (AvgIpc) is 2.33. The van der Waals surface area contributed by atoms with E-state index >= 15 is 0 Å². The first kappa shape index (κ1) is 16.5. The molecule has 2 rings (SSSR count). The zero-order valence-electron chi connectivity index (χ0n) is 10.8. The number of hydrogen-bond donors (Lipinski definition) is 3. The third kappa shape index (κ3) is 3.49. The maximum absolute atomic E-state index is 12.2. The molecule has 0 saturated heterocycles. The van der Waals surface area contributed by atoms with Crippen molar-refractivity contribution in [3.8, 4) is 0 Å². The lowest BCUT2D eigenvalue weighted by atomic mass is 9.81. The molecule has 1 saturated carbocycles. The highest BCUT2D eigenvalue weighted by Crippen LogP contribution is 2.32. The lowest BCUT2D eigenvalue weighted by Crippen LogP contribution is -2.47. The fourth-order valence-corrected chi connectivity index (χ4v) is 3.94. The van der Waals surface area contributed by atoms with Crippen molar-refractivity contribution in [3.05, 3.63) is 27.7 Å². The number of hydrogen-bond acceptors (Lipinski definition) is 4. The number of halogens is 2. The van der Waals surface area contributed by atoms with Crippen LogP contribution in [0.2, 0.25) is 10.0 Å². The maximum Gasteiger partial charge on any atom is 0.337 e. The normalized spacial score (nSPS) is 17.3. The lowest BCUT2D eigenvalue weighted by molar-refractivity contribution is -0.0271. The topological polar surface area (TPSA) is 104 Å². The van der Waals surface area contributed by atoms with E-state index in [1.807, 2.05) is 0 Å². The molecule has 3 N–H and O–H groups in total. The highest BCUT2D eigenvalue weighted by Gasteiger charge is 2.36. The average molecular weight is 354 g/mol. The smallest absolute Gasteiger partial charge is 0.337 e. The molecule has 1 aromatic carbocycles. The Kier molecular flexibility index (Phi) is 4.51. The van der Waals surface area contributed by atoms with E-state index in [1.54, 1.807) is 0 Å². The predicted molar refractivity (Wildman–Crippen MR) is 77.4 cm³/mol. The number of benzene rings is 1. The molecule has 1 aromatic rings. The van der Waals surface area contributed by atoms with E-state index in [-0.39, 0.29) is 27.0 Å². The van der Waals surface area contributed by atoms with Gasteiger partial charge in [0, 0.05) is 6.54 Å². The van der Waals surface area contributed by atoms with Crippen LogP contribution in [0.4, 0.5) is 0 Å². The predicted octanol–water partition coefficient (Wildman–Crippen LogP) is 1.88. The molecule has 0 aromatic heterocycles.